The van der Waals surface area contributed by atoms with Gasteiger partial charge in [0.05, 0.1) is 13.0 Å². The summed E-state index contributed by atoms with van der Waals surface area (Å²) in [5.74, 6) is -1.51. The van der Waals surface area contributed by atoms with Crippen molar-refractivity contribution in [2.75, 3.05) is 7.11 Å². The Bertz CT molecular complexity index is 392. The Kier molecular flexibility index (Phi) is 2.90. The lowest BCUT2D eigenvalue weighted by molar-refractivity contribution is -0.173. The first-order valence-electron chi connectivity index (χ1n) is 4.78. The van der Waals surface area contributed by atoms with Crippen LogP contribution in [0.5, 0.6) is 0 Å². The maximum absolute atomic E-state index is 11.8. The minimum atomic E-state index is -1.10. The molecular formula is C10H10Br2O4. The SMILES string of the molecule is COC(=O)C1C(C)C2OC(=O)C1(Br)C=C2Br. The van der Waals surface area contributed by atoms with E-state index < -0.39 is 28.3 Å². The van der Waals surface area contributed by atoms with Crippen molar-refractivity contribution in [1.29, 1.82) is 0 Å². The molecule has 16 heavy (non-hydrogen) atoms. The van der Waals surface area contributed by atoms with E-state index in [1.807, 2.05) is 6.92 Å². The summed E-state index contributed by atoms with van der Waals surface area (Å²) in [6, 6.07) is 0. The van der Waals surface area contributed by atoms with Gasteiger partial charge in [0.25, 0.3) is 0 Å². The summed E-state index contributed by atoms with van der Waals surface area (Å²) in [7, 11) is 1.32. The number of hydrogen-bond donors (Lipinski definition) is 0. The second-order valence-electron chi connectivity index (χ2n) is 3.98. The maximum Gasteiger partial charge on any atom is 0.328 e. The minimum absolute atomic E-state index is 0.121. The van der Waals surface area contributed by atoms with E-state index in [9.17, 15) is 9.59 Å². The molecule has 1 saturated heterocycles. The van der Waals surface area contributed by atoms with Gasteiger partial charge in [0, 0.05) is 10.4 Å². The Morgan fingerprint density at radius 1 is 1.62 bits per heavy atom. The van der Waals surface area contributed by atoms with E-state index in [4.69, 9.17) is 9.47 Å². The molecule has 2 aliphatic heterocycles. The van der Waals surface area contributed by atoms with E-state index in [0.29, 0.717) is 0 Å². The van der Waals surface area contributed by atoms with Crippen LogP contribution in [0.2, 0.25) is 0 Å². The smallest absolute Gasteiger partial charge is 0.328 e. The number of methoxy groups -OCH3 is 1. The predicted octanol–water partition coefficient (Wildman–Crippen LogP) is 1.76. The zero-order valence-electron chi connectivity index (χ0n) is 8.70. The molecule has 4 atom stereocenters. The van der Waals surface area contributed by atoms with Crippen LogP contribution in [-0.2, 0) is 19.1 Å². The number of ether oxygens (including phenoxy) is 2. The van der Waals surface area contributed by atoms with Crippen LogP contribution in [0.25, 0.3) is 0 Å². The number of carbonyl (C=O) groups excluding carboxylic acids is 2. The van der Waals surface area contributed by atoms with Gasteiger partial charge in [0.1, 0.15) is 6.10 Å². The fourth-order valence-corrected chi connectivity index (χ4v) is 4.37. The fraction of sp³-hybridized carbons (Fsp3) is 0.600. The summed E-state index contributed by atoms with van der Waals surface area (Å²) in [4.78, 5) is 23.5. The number of alkyl halides is 1. The second kappa shape index (κ2) is 3.84. The molecule has 6 heteroatoms. The lowest BCUT2D eigenvalue weighted by atomic mass is 9.72. The quantitative estimate of drug-likeness (QED) is 0.532. The third-order valence-electron chi connectivity index (χ3n) is 3.08. The Morgan fingerprint density at radius 3 is 2.81 bits per heavy atom. The Hall–Kier alpha value is -0.360. The highest BCUT2D eigenvalue weighted by Gasteiger charge is 2.60. The molecule has 0 aromatic heterocycles. The van der Waals surface area contributed by atoms with E-state index in [1.54, 1.807) is 6.08 Å². The second-order valence-corrected chi connectivity index (χ2v) is 6.21. The summed E-state index contributed by atoms with van der Waals surface area (Å²) < 4.78 is 9.65. The summed E-state index contributed by atoms with van der Waals surface area (Å²) in [6.45, 7) is 1.86. The largest absolute Gasteiger partial charge is 0.469 e. The van der Waals surface area contributed by atoms with Gasteiger partial charge in [-0.15, -0.1) is 0 Å². The topological polar surface area (TPSA) is 52.6 Å². The van der Waals surface area contributed by atoms with Crippen molar-refractivity contribution in [3.8, 4) is 0 Å². The first kappa shape index (κ1) is 12.1. The molecule has 0 saturated carbocycles. The van der Waals surface area contributed by atoms with Crippen molar-refractivity contribution < 1.29 is 19.1 Å². The first-order chi connectivity index (χ1) is 7.41. The molecule has 2 heterocycles. The number of carbonyl (C=O) groups is 2. The molecule has 1 fully saturated rings. The van der Waals surface area contributed by atoms with E-state index in [2.05, 4.69) is 31.9 Å². The number of esters is 2. The van der Waals surface area contributed by atoms with Crippen molar-refractivity contribution in [3.05, 3.63) is 10.6 Å². The molecule has 0 amide bonds. The monoisotopic (exact) mass is 352 g/mol. The Balaban J connectivity index is 2.49. The van der Waals surface area contributed by atoms with Crippen LogP contribution in [-0.4, -0.2) is 29.5 Å². The van der Waals surface area contributed by atoms with Crippen LogP contribution in [0.4, 0.5) is 0 Å². The Labute approximate surface area is 110 Å². The number of halogens is 2. The summed E-state index contributed by atoms with van der Waals surface area (Å²) >= 11 is 6.65. The third-order valence-corrected chi connectivity index (χ3v) is 4.80. The minimum Gasteiger partial charge on any atom is -0.469 e. The normalized spacial score (nSPS) is 41.4. The van der Waals surface area contributed by atoms with E-state index in [1.165, 1.54) is 7.11 Å². The molecule has 3 rings (SSSR count). The fourth-order valence-electron chi connectivity index (χ4n) is 2.25. The van der Waals surface area contributed by atoms with Crippen molar-refractivity contribution in [2.45, 2.75) is 17.4 Å². The number of hydrogen-bond acceptors (Lipinski definition) is 4. The van der Waals surface area contributed by atoms with Crippen molar-refractivity contribution in [2.24, 2.45) is 11.8 Å². The van der Waals surface area contributed by atoms with Gasteiger partial charge in [-0.25, -0.2) is 0 Å². The van der Waals surface area contributed by atoms with E-state index in [0.717, 1.165) is 4.48 Å². The standard InChI is InChI=1S/C10H10Br2O4/c1-4-6(8(13)15-2)10(12)3-5(11)7(4)16-9(10)14/h3-4,6-7H,1-2H3. The average molecular weight is 354 g/mol. The van der Waals surface area contributed by atoms with Gasteiger partial charge in [0.2, 0.25) is 0 Å². The molecule has 4 nitrogen and oxygen atoms in total. The Morgan fingerprint density at radius 2 is 2.25 bits per heavy atom. The highest BCUT2D eigenvalue weighted by molar-refractivity contribution is 9.12. The van der Waals surface area contributed by atoms with Crippen LogP contribution in [0.15, 0.2) is 10.6 Å². The van der Waals surface area contributed by atoms with Crippen molar-refractivity contribution in [3.63, 3.8) is 0 Å². The molecule has 0 radical (unpaired) electrons. The molecular weight excluding hydrogens is 344 g/mol. The molecule has 4 unspecified atom stereocenters. The maximum atomic E-state index is 11.8. The predicted molar refractivity (Wildman–Crippen MR) is 63.2 cm³/mol. The zero-order chi connectivity index (χ0) is 12.1. The number of fused-ring (bicyclic) bond motifs is 2. The summed E-state index contributed by atoms with van der Waals surface area (Å²) in [6.07, 6.45) is 1.29. The lowest BCUT2D eigenvalue weighted by Gasteiger charge is -2.46. The van der Waals surface area contributed by atoms with Crippen molar-refractivity contribution in [1.82, 2.24) is 0 Å². The molecule has 3 aliphatic rings. The average Bonchev–Trinajstić information content (AvgIpc) is 2.21. The molecule has 1 aliphatic carbocycles. The van der Waals surface area contributed by atoms with Gasteiger partial charge in [-0.05, 0) is 6.08 Å². The van der Waals surface area contributed by atoms with Crippen LogP contribution in [0, 0.1) is 11.8 Å². The van der Waals surface area contributed by atoms with Gasteiger partial charge in [0.15, 0.2) is 4.32 Å². The van der Waals surface area contributed by atoms with Gasteiger partial charge in [-0.3, -0.25) is 9.59 Å². The third kappa shape index (κ3) is 1.46. The van der Waals surface area contributed by atoms with Gasteiger partial charge >= 0.3 is 11.9 Å². The van der Waals surface area contributed by atoms with Crippen LogP contribution >= 0.6 is 31.9 Å². The molecule has 88 valence electrons. The van der Waals surface area contributed by atoms with Crippen LogP contribution in [0.1, 0.15) is 6.92 Å². The summed E-state index contributed by atoms with van der Waals surface area (Å²) in [5, 5.41) is 0. The van der Waals surface area contributed by atoms with Gasteiger partial charge in [-0.1, -0.05) is 38.8 Å². The highest BCUT2D eigenvalue weighted by atomic mass is 79.9. The molecule has 2 bridgehead atoms. The zero-order valence-corrected chi connectivity index (χ0v) is 11.9. The van der Waals surface area contributed by atoms with Crippen LogP contribution < -0.4 is 0 Å². The van der Waals surface area contributed by atoms with Crippen molar-refractivity contribution >= 4 is 43.8 Å². The first-order valence-corrected chi connectivity index (χ1v) is 6.36. The lowest BCUT2D eigenvalue weighted by Crippen LogP contribution is -2.59. The number of rotatable bonds is 1. The highest BCUT2D eigenvalue weighted by Crippen LogP contribution is 2.50. The van der Waals surface area contributed by atoms with E-state index in [-0.39, 0.29) is 5.92 Å². The molecule has 0 aromatic carbocycles. The van der Waals surface area contributed by atoms with Crippen LogP contribution in [0.3, 0.4) is 0 Å². The summed E-state index contributed by atoms with van der Waals surface area (Å²) in [5.41, 5.74) is 0. The van der Waals surface area contributed by atoms with Gasteiger partial charge < -0.3 is 9.47 Å². The molecule has 0 spiro atoms. The molecule has 0 N–H and O–H groups in total. The van der Waals surface area contributed by atoms with E-state index >= 15 is 0 Å². The van der Waals surface area contributed by atoms with Gasteiger partial charge in [-0.2, -0.15) is 0 Å². The molecule has 0 aromatic rings.